The molecule has 1 aliphatic rings. The lowest BCUT2D eigenvalue weighted by Crippen LogP contribution is -2.31. The lowest BCUT2D eigenvalue weighted by Gasteiger charge is -2.18. The summed E-state index contributed by atoms with van der Waals surface area (Å²) < 4.78 is 41.3. The van der Waals surface area contributed by atoms with Crippen LogP contribution in [0.25, 0.3) is 0 Å². The van der Waals surface area contributed by atoms with E-state index < -0.39 is 21.7 Å². The Balaban J connectivity index is 1.66. The predicted octanol–water partition coefficient (Wildman–Crippen LogP) is 3.25. The van der Waals surface area contributed by atoms with Crippen LogP contribution in [-0.4, -0.2) is 31.7 Å². The maximum atomic E-state index is 13.9. The van der Waals surface area contributed by atoms with E-state index in [9.17, 15) is 17.6 Å². The Labute approximate surface area is 167 Å². The molecule has 1 aromatic heterocycles. The zero-order valence-corrected chi connectivity index (χ0v) is 16.8. The number of nitrogens with one attached hydrogen (secondary N) is 1. The SMILES string of the molecule is N#Cc1ccc(C(=O)NCc2ccc(S(=O)(=O)N3CCCCCC3)s2)c(F)c1. The van der Waals surface area contributed by atoms with E-state index in [1.807, 2.05) is 6.07 Å². The fourth-order valence-electron chi connectivity index (χ4n) is 3.03. The fraction of sp³-hybridized carbons (Fsp3) is 0.368. The van der Waals surface area contributed by atoms with Crippen molar-refractivity contribution in [3.63, 3.8) is 0 Å². The highest BCUT2D eigenvalue weighted by molar-refractivity contribution is 7.91. The van der Waals surface area contributed by atoms with Crippen molar-refractivity contribution >= 4 is 27.3 Å². The van der Waals surface area contributed by atoms with Crippen molar-refractivity contribution < 1.29 is 17.6 Å². The molecule has 2 heterocycles. The summed E-state index contributed by atoms with van der Waals surface area (Å²) in [5, 5.41) is 11.3. The van der Waals surface area contributed by atoms with E-state index in [0.717, 1.165) is 43.1 Å². The molecule has 2 aromatic rings. The van der Waals surface area contributed by atoms with E-state index in [2.05, 4.69) is 5.32 Å². The Bertz CT molecular complexity index is 1000. The Morgan fingerprint density at radius 2 is 1.89 bits per heavy atom. The van der Waals surface area contributed by atoms with Crippen molar-refractivity contribution in [3.8, 4) is 6.07 Å². The minimum Gasteiger partial charge on any atom is -0.347 e. The first kappa shape index (κ1) is 20.5. The number of sulfonamides is 1. The maximum Gasteiger partial charge on any atom is 0.254 e. The molecule has 0 bridgehead atoms. The van der Waals surface area contributed by atoms with E-state index in [-0.39, 0.29) is 21.9 Å². The molecule has 0 radical (unpaired) electrons. The topological polar surface area (TPSA) is 90.3 Å². The molecular weight excluding hydrogens is 401 g/mol. The molecular formula is C19H20FN3O3S2. The number of rotatable bonds is 5. The number of carbonyl (C=O) groups excluding carboxylic acids is 1. The van der Waals surface area contributed by atoms with Gasteiger partial charge in [0.25, 0.3) is 15.9 Å². The maximum absolute atomic E-state index is 13.9. The number of benzene rings is 1. The van der Waals surface area contributed by atoms with Crippen LogP contribution in [0.2, 0.25) is 0 Å². The molecule has 9 heteroatoms. The average Bonchev–Trinajstić information content (AvgIpc) is 2.99. The molecule has 6 nitrogen and oxygen atoms in total. The van der Waals surface area contributed by atoms with E-state index in [1.165, 1.54) is 16.4 Å². The van der Waals surface area contributed by atoms with Crippen LogP contribution < -0.4 is 5.32 Å². The molecule has 0 spiro atoms. The standard InChI is InChI=1S/C19H20FN3O3S2/c20-17-11-14(12-21)5-7-16(17)19(24)22-13-15-6-8-18(27-15)28(25,26)23-9-3-1-2-4-10-23/h5-8,11H,1-4,9-10,13H2,(H,22,24). The number of nitriles is 1. The Kier molecular flexibility index (Phi) is 6.44. The van der Waals surface area contributed by atoms with Crippen molar-refractivity contribution in [2.45, 2.75) is 36.4 Å². The minimum atomic E-state index is -3.52. The molecule has 1 aliphatic heterocycles. The van der Waals surface area contributed by atoms with Crippen LogP contribution in [0, 0.1) is 17.1 Å². The first-order chi connectivity index (χ1) is 13.4. The third-order valence-corrected chi connectivity index (χ3v) is 8.01. The van der Waals surface area contributed by atoms with Gasteiger partial charge in [0.15, 0.2) is 0 Å². The van der Waals surface area contributed by atoms with Gasteiger partial charge >= 0.3 is 0 Å². The van der Waals surface area contributed by atoms with E-state index >= 15 is 0 Å². The zero-order chi connectivity index (χ0) is 20.1. The normalized spacial score (nSPS) is 15.6. The van der Waals surface area contributed by atoms with Crippen molar-refractivity contribution in [2.75, 3.05) is 13.1 Å². The highest BCUT2D eigenvalue weighted by atomic mass is 32.2. The number of halogens is 1. The summed E-state index contributed by atoms with van der Waals surface area (Å²) in [5.41, 5.74) is -0.0244. The van der Waals surface area contributed by atoms with Crippen LogP contribution in [0.1, 0.15) is 46.5 Å². The zero-order valence-electron chi connectivity index (χ0n) is 15.2. The average molecular weight is 422 g/mol. The summed E-state index contributed by atoms with van der Waals surface area (Å²) in [7, 11) is -3.52. The molecule has 1 aromatic carbocycles. The minimum absolute atomic E-state index is 0.0957. The van der Waals surface area contributed by atoms with Gasteiger partial charge in [-0.05, 0) is 43.2 Å². The van der Waals surface area contributed by atoms with Gasteiger partial charge in [-0.2, -0.15) is 9.57 Å². The number of carbonyl (C=O) groups is 1. The third kappa shape index (κ3) is 4.58. The van der Waals surface area contributed by atoms with Gasteiger partial charge in [0, 0.05) is 18.0 Å². The number of hydrogen-bond acceptors (Lipinski definition) is 5. The van der Waals surface area contributed by atoms with Gasteiger partial charge in [-0.3, -0.25) is 4.79 Å². The predicted molar refractivity (Wildman–Crippen MR) is 104 cm³/mol. The van der Waals surface area contributed by atoms with Crippen molar-refractivity contribution in [1.82, 2.24) is 9.62 Å². The van der Waals surface area contributed by atoms with Crippen LogP contribution >= 0.6 is 11.3 Å². The largest absolute Gasteiger partial charge is 0.347 e. The van der Waals surface area contributed by atoms with Gasteiger partial charge in [-0.15, -0.1) is 11.3 Å². The molecule has 0 saturated carbocycles. The summed E-state index contributed by atoms with van der Waals surface area (Å²) in [5.74, 6) is -1.39. The Morgan fingerprint density at radius 1 is 1.18 bits per heavy atom. The Morgan fingerprint density at radius 3 is 2.54 bits per heavy atom. The molecule has 0 unspecified atom stereocenters. The van der Waals surface area contributed by atoms with Gasteiger partial charge in [0.2, 0.25) is 0 Å². The molecule has 0 atom stereocenters. The second kappa shape index (κ2) is 8.82. The van der Waals surface area contributed by atoms with Crippen LogP contribution in [0.3, 0.4) is 0 Å². The Hall–Kier alpha value is -2.28. The molecule has 0 aliphatic carbocycles. The first-order valence-electron chi connectivity index (χ1n) is 8.98. The van der Waals surface area contributed by atoms with Crippen molar-refractivity contribution in [1.29, 1.82) is 5.26 Å². The van der Waals surface area contributed by atoms with Crippen molar-refractivity contribution in [2.24, 2.45) is 0 Å². The van der Waals surface area contributed by atoms with Crippen LogP contribution in [-0.2, 0) is 16.6 Å². The van der Waals surface area contributed by atoms with Crippen molar-refractivity contribution in [3.05, 3.63) is 52.2 Å². The van der Waals surface area contributed by atoms with Gasteiger partial charge < -0.3 is 5.32 Å². The highest BCUT2D eigenvalue weighted by Gasteiger charge is 2.26. The molecule has 28 heavy (non-hydrogen) atoms. The second-order valence-electron chi connectivity index (χ2n) is 6.53. The lowest BCUT2D eigenvalue weighted by molar-refractivity contribution is 0.0947. The monoisotopic (exact) mass is 421 g/mol. The lowest BCUT2D eigenvalue weighted by atomic mass is 10.1. The summed E-state index contributed by atoms with van der Waals surface area (Å²) >= 11 is 1.11. The quantitative estimate of drug-likeness (QED) is 0.802. The van der Waals surface area contributed by atoms with E-state index in [0.29, 0.717) is 18.0 Å². The summed E-state index contributed by atoms with van der Waals surface area (Å²) in [6.45, 7) is 1.16. The second-order valence-corrected chi connectivity index (χ2v) is 9.86. The number of thiophene rings is 1. The number of nitrogens with zero attached hydrogens (tertiary/aromatic N) is 2. The summed E-state index contributed by atoms with van der Waals surface area (Å²) in [4.78, 5) is 12.8. The number of amides is 1. The number of hydrogen-bond donors (Lipinski definition) is 1. The van der Waals surface area contributed by atoms with Gasteiger partial charge in [0.1, 0.15) is 10.0 Å². The van der Waals surface area contributed by atoms with E-state index in [1.54, 1.807) is 12.1 Å². The summed E-state index contributed by atoms with van der Waals surface area (Å²) in [6.07, 6.45) is 3.81. The van der Waals surface area contributed by atoms with Gasteiger partial charge in [-0.25, -0.2) is 12.8 Å². The van der Waals surface area contributed by atoms with Gasteiger partial charge in [-0.1, -0.05) is 12.8 Å². The van der Waals surface area contributed by atoms with Crippen LogP contribution in [0.5, 0.6) is 0 Å². The molecule has 1 N–H and O–H groups in total. The molecule has 3 rings (SSSR count). The molecule has 1 fully saturated rings. The molecule has 1 amide bonds. The summed E-state index contributed by atoms with van der Waals surface area (Å²) in [6, 6.07) is 8.65. The highest BCUT2D eigenvalue weighted by Crippen LogP contribution is 2.27. The third-order valence-electron chi connectivity index (χ3n) is 4.56. The van der Waals surface area contributed by atoms with Crippen LogP contribution in [0.4, 0.5) is 4.39 Å². The smallest absolute Gasteiger partial charge is 0.254 e. The molecule has 148 valence electrons. The van der Waals surface area contributed by atoms with E-state index in [4.69, 9.17) is 5.26 Å². The fourth-order valence-corrected chi connectivity index (χ4v) is 6.00. The van der Waals surface area contributed by atoms with Gasteiger partial charge in [0.05, 0.1) is 23.7 Å². The first-order valence-corrected chi connectivity index (χ1v) is 11.2. The van der Waals surface area contributed by atoms with Crippen LogP contribution in [0.15, 0.2) is 34.5 Å². The molecule has 1 saturated heterocycles.